The lowest BCUT2D eigenvalue weighted by molar-refractivity contribution is -0.138. The van der Waals surface area contributed by atoms with Crippen LogP contribution in [0.1, 0.15) is 106 Å². The smallest absolute Gasteiger partial charge is 0.408 e. The van der Waals surface area contributed by atoms with Crippen LogP contribution >= 0.6 is 0 Å². The Labute approximate surface area is 483 Å². The van der Waals surface area contributed by atoms with Crippen molar-refractivity contribution < 1.29 is 73.1 Å². The van der Waals surface area contributed by atoms with E-state index in [-0.39, 0.29) is 63.7 Å². The third kappa shape index (κ3) is 23.1. The number of nitrogens with one attached hydrogen (secondary N) is 10. The highest BCUT2D eigenvalue weighted by atomic mass is 16.5. The molecule has 1 saturated heterocycles. The highest BCUT2D eigenvalue weighted by molar-refractivity contribution is 5.99. The van der Waals surface area contributed by atoms with E-state index in [1.54, 1.807) is 64.1 Å². The maximum absolute atomic E-state index is 15.0. The average molecular weight is 1170 g/mol. The molecule has 2 aromatic carbocycles. The van der Waals surface area contributed by atoms with E-state index in [0.29, 0.717) is 5.56 Å². The minimum atomic E-state index is -1.96. The number of carbonyl (C=O) groups excluding carboxylic acids is 10. The average Bonchev–Trinajstić information content (AvgIpc) is 3.61. The molecule has 3 rings (SSSR count). The highest BCUT2D eigenvalue weighted by Crippen LogP contribution is 2.21. The standard InChI is InChI=1S/C54H83N13O15.CH4/c1-9-29(6)38-49(77)64-39(30(7)69)48(76)58-24-37(71)62-40(31(8)70)50(78)61-36(25-68)47(75)65-41(33-19-14-11-15-20-33)42(67-54(81)82-26-32-17-12-10-13-18-32)51(79)66-43(44(72)28(4)5)52(80)60-35(23-27(2)3)46(74)59-34(45(73)63-38)21-16-22-57-53(55)56;/h10-15,17-20,27-31,34-36,38-44,68-70,72H,9,16,21-26H2,1-8H3,(H,58,76)(H,59,74)(H,60,80)(H,61,78)(H,62,71)(H,63,73)(H,64,77)(H,65,75)(H,66,79)(H,67,81)(H4,55,56,57);1H4/t29-,30-,31+,34+,35-,36-,38-,39-,40?,41+,42-,43-,44+;/m0./s1. The van der Waals surface area contributed by atoms with Gasteiger partial charge in [0.05, 0.1) is 37.5 Å². The van der Waals surface area contributed by atoms with Crippen LogP contribution in [0.3, 0.4) is 0 Å². The number of nitrogens with two attached hydrogens (primary N) is 2. The Morgan fingerprint density at radius 3 is 1.70 bits per heavy atom. The number of benzene rings is 2. The zero-order valence-electron chi connectivity index (χ0n) is 47.5. The number of alkyl carbamates (subject to hydrolysis) is 1. The van der Waals surface area contributed by atoms with Crippen molar-refractivity contribution in [1.82, 2.24) is 53.2 Å². The number of amides is 10. The van der Waals surface area contributed by atoms with Crippen LogP contribution in [0.2, 0.25) is 0 Å². The molecule has 28 nitrogen and oxygen atoms in total. The molecule has 0 aromatic heterocycles. The molecule has 1 unspecified atom stereocenters. The Bertz CT molecular complexity index is 2500. The van der Waals surface area contributed by atoms with Crippen molar-refractivity contribution in [2.75, 3.05) is 19.7 Å². The van der Waals surface area contributed by atoms with Gasteiger partial charge in [-0.2, -0.15) is 0 Å². The fraction of sp³-hybridized carbons (Fsp3) is 0.582. The number of rotatable bonds is 17. The molecule has 1 aliphatic heterocycles. The predicted octanol–water partition coefficient (Wildman–Crippen LogP) is -2.79. The van der Waals surface area contributed by atoms with Crippen LogP contribution in [0, 0.1) is 17.8 Å². The molecule has 83 heavy (non-hydrogen) atoms. The van der Waals surface area contributed by atoms with Gasteiger partial charge in [-0.25, -0.2) is 4.79 Å². The molecular formula is C55H87N13O15. The quantitative estimate of drug-likeness (QED) is 0.0433. The molecule has 0 spiro atoms. The number of aliphatic imine (C=N–C) groups is 1. The minimum absolute atomic E-state index is 0. The summed E-state index contributed by atoms with van der Waals surface area (Å²) < 4.78 is 5.47. The van der Waals surface area contributed by atoms with Gasteiger partial charge in [0.15, 0.2) is 5.96 Å². The van der Waals surface area contributed by atoms with E-state index in [0.717, 1.165) is 6.92 Å². The second kappa shape index (κ2) is 35.1. The van der Waals surface area contributed by atoms with E-state index in [1.165, 1.54) is 45.0 Å². The van der Waals surface area contributed by atoms with Gasteiger partial charge >= 0.3 is 6.09 Å². The van der Waals surface area contributed by atoms with Crippen LogP contribution in [0.5, 0.6) is 0 Å². The van der Waals surface area contributed by atoms with Crippen LogP contribution in [0.25, 0.3) is 0 Å². The second-order valence-electron chi connectivity index (χ2n) is 20.8. The fourth-order valence-electron chi connectivity index (χ4n) is 8.38. The lowest BCUT2D eigenvalue weighted by atomic mass is 9.94. The number of aliphatic hydroxyl groups excluding tert-OH is 4. The monoisotopic (exact) mass is 1170 g/mol. The molecule has 28 heteroatoms. The van der Waals surface area contributed by atoms with Crippen molar-refractivity contribution in [3.8, 4) is 0 Å². The van der Waals surface area contributed by atoms with E-state index < -0.39 is 157 Å². The number of hydrogen-bond donors (Lipinski definition) is 16. The second-order valence-corrected chi connectivity index (χ2v) is 20.8. The first-order valence-corrected chi connectivity index (χ1v) is 27.1. The number of hydrogen-bond acceptors (Lipinski definition) is 16. The van der Waals surface area contributed by atoms with E-state index in [4.69, 9.17) is 16.2 Å². The van der Waals surface area contributed by atoms with Crippen LogP contribution in [0.15, 0.2) is 65.7 Å². The minimum Gasteiger partial charge on any atom is -0.445 e. The Hall–Kier alpha value is -7.95. The van der Waals surface area contributed by atoms with Gasteiger partial charge in [0.25, 0.3) is 0 Å². The van der Waals surface area contributed by atoms with Gasteiger partial charge < -0.3 is 89.8 Å². The van der Waals surface area contributed by atoms with Crippen molar-refractivity contribution in [3.63, 3.8) is 0 Å². The van der Waals surface area contributed by atoms with E-state index in [1.807, 2.05) is 0 Å². The number of ether oxygens (including phenoxy) is 1. The van der Waals surface area contributed by atoms with Crippen molar-refractivity contribution >= 4 is 65.2 Å². The first-order valence-electron chi connectivity index (χ1n) is 27.1. The van der Waals surface area contributed by atoms with Crippen LogP contribution in [-0.4, -0.2) is 172 Å². The Kier molecular flexibility index (Phi) is 30.1. The summed E-state index contributed by atoms with van der Waals surface area (Å²) in [6, 6.07) is 0.556. The molecule has 0 aliphatic carbocycles. The van der Waals surface area contributed by atoms with Crippen LogP contribution < -0.4 is 64.6 Å². The maximum Gasteiger partial charge on any atom is 0.408 e. The molecule has 1 heterocycles. The third-order valence-corrected chi connectivity index (χ3v) is 13.3. The van der Waals surface area contributed by atoms with Gasteiger partial charge in [0.2, 0.25) is 53.2 Å². The number of guanidine groups is 1. The van der Waals surface area contributed by atoms with Crippen LogP contribution in [0.4, 0.5) is 4.79 Å². The molecule has 10 amide bonds. The molecule has 13 atom stereocenters. The zero-order chi connectivity index (χ0) is 61.4. The normalized spacial score (nSPS) is 24.7. The van der Waals surface area contributed by atoms with Gasteiger partial charge in [0, 0.05) is 6.54 Å². The maximum atomic E-state index is 15.0. The van der Waals surface area contributed by atoms with Gasteiger partial charge in [-0.3, -0.25) is 48.1 Å². The van der Waals surface area contributed by atoms with Crippen molar-refractivity contribution in [3.05, 3.63) is 71.8 Å². The zero-order valence-corrected chi connectivity index (χ0v) is 47.5. The molecule has 462 valence electrons. The van der Waals surface area contributed by atoms with E-state index in [9.17, 15) is 68.4 Å². The van der Waals surface area contributed by atoms with Crippen molar-refractivity contribution in [2.24, 2.45) is 34.2 Å². The molecule has 18 N–H and O–H groups in total. The van der Waals surface area contributed by atoms with E-state index in [2.05, 4.69) is 58.2 Å². The van der Waals surface area contributed by atoms with Gasteiger partial charge in [0.1, 0.15) is 54.9 Å². The van der Waals surface area contributed by atoms with Gasteiger partial charge in [-0.05, 0) is 62.0 Å². The topological polar surface area (TPSA) is 446 Å². The molecule has 1 fully saturated rings. The molecule has 1 aliphatic rings. The summed E-state index contributed by atoms with van der Waals surface area (Å²) in [4.78, 5) is 145. The molecule has 0 radical (unpaired) electrons. The largest absolute Gasteiger partial charge is 0.445 e. The van der Waals surface area contributed by atoms with Crippen molar-refractivity contribution in [1.29, 1.82) is 0 Å². The van der Waals surface area contributed by atoms with Gasteiger partial charge in [-0.1, -0.05) is 116 Å². The number of carbonyl (C=O) groups is 10. The van der Waals surface area contributed by atoms with Crippen molar-refractivity contribution in [2.45, 2.75) is 168 Å². The van der Waals surface area contributed by atoms with Gasteiger partial charge in [-0.15, -0.1) is 0 Å². The molecule has 0 bridgehead atoms. The lowest BCUT2D eigenvalue weighted by Gasteiger charge is -2.33. The van der Waals surface area contributed by atoms with E-state index >= 15 is 0 Å². The summed E-state index contributed by atoms with van der Waals surface area (Å²) in [6.45, 7) is 9.77. The Morgan fingerprint density at radius 2 is 1.14 bits per heavy atom. The first-order chi connectivity index (χ1) is 38.7. The number of aliphatic hydroxyl groups is 4. The predicted molar refractivity (Wildman–Crippen MR) is 304 cm³/mol. The lowest BCUT2D eigenvalue weighted by Crippen LogP contribution is -2.64. The summed E-state index contributed by atoms with van der Waals surface area (Å²) in [5.74, 6) is -11.7. The first kappa shape index (κ1) is 71.2. The summed E-state index contributed by atoms with van der Waals surface area (Å²) in [7, 11) is 0. The SMILES string of the molecule is C.CC[C@H](C)[C@@H]1NC(=O)[C@@H](CCCN=C(N)N)NC(=O)[C@H](CC(C)C)NC(=O)[C@H]([C@H](O)C(C)C)NC(=O)[C@@H](NC(=O)OCc2ccccc2)[C@@H](c2ccccc2)NC(=O)[C@H](CO)NC(=O)C([C@@H](C)O)NC(=O)CNC(=O)[C@H]([C@H](C)O)NC1=O. The summed E-state index contributed by atoms with van der Waals surface area (Å²) in [5.41, 5.74) is 11.7. The summed E-state index contributed by atoms with van der Waals surface area (Å²) in [5, 5.41) is 68.1. The van der Waals surface area contributed by atoms with Crippen LogP contribution in [-0.2, 0) is 54.5 Å². The Morgan fingerprint density at radius 1 is 0.639 bits per heavy atom. The Balaban J connectivity index is 0.0000235. The third-order valence-electron chi connectivity index (χ3n) is 13.3. The highest BCUT2D eigenvalue weighted by Gasteiger charge is 2.41. The number of nitrogens with zero attached hydrogens (tertiary/aromatic N) is 1. The molecule has 0 saturated carbocycles. The molecule has 2 aromatic rings. The fourth-order valence-corrected chi connectivity index (χ4v) is 8.38. The summed E-state index contributed by atoms with van der Waals surface area (Å²) >= 11 is 0. The molecular weight excluding hydrogens is 1080 g/mol. The summed E-state index contributed by atoms with van der Waals surface area (Å²) in [6.07, 6.45) is -6.08.